The van der Waals surface area contributed by atoms with Crippen molar-refractivity contribution in [3.05, 3.63) is 29.3 Å². The maximum atomic E-state index is 12.1. The van der Waals surface area contributed by atoms with Gasteiger partial charge in [-0.2, -0.15) is 0 Å². The second-order valence-corrected chi connectivity index (χ2v) is 6.66. The van der Waals surface area contributed by atoms with E-state index in [-0.39, 0.29) is 17.7 Å². The number of hydrogen-bond acceptors (Lipinski definition) is 3. The highest BCUT2D eigenvalue weighted by Gasteiger charge is 2.23. The quantitative estimate of drug-likeness (QED) is 0.921. The molecule has 0 spiro atoms. The molecule has 0 aromatic heterocycles. The Morgan fingerprint density at radius 2 is 1.94 bits per heavy atom. The van der Waals surface area contributed by atoms with Crippen molar-refractivity contribution < 1.29 is 8.42 Å². The average Bonchev–Trinajstić information content (AvgIpc) is 2.74. The fraction of sp³-hybridized carbons (Fsp3) is 0.500. The molecule has 0 bridgehead atoms. The van der Waals surface area contributed by atoms with Crippen LogP contribution in [0.2, 0.25) is 0 Å². The SMILES string of the molecule is CCC(C)S(=O)(=O)c1ccc2c(c1)CNC2.Cl. The third kappa shape index (κ3) is 2.64. The summed E-state index contributed by atoms with van der Waals surface area (Å²) in [6.07, 6.45) is 0.650. The van der Waals surface area contributed by atoms with Crippen molar-refractivity contribution in [1.29, 1.82) is 0 Å². The molecule has 96 valence electrons. The highest BCUT2D eigenvalue weighted by Crippen LogP contribution is 2.23. The van der Waals surface area contributed by atoms with Crippen molar-refractivity contribution in [2.24, 2.45) is 0 Å². The van der Waals surface area contributed by atoms with E-state index in [4.69, 9.17) is 0 Å². The number of halogens is 1. The van der Waals surface area contributed by atoms with Crippen LogP contribution in [0.5, 0.6) is 0 Å². The van der Waals surface area contributed by atoms with Gasteiger partial charge in [0, 0.05) is 13.1 Å². The molecular formula is C12H18ClNO2S. The fourth-order valence-electron chi connectivity index (χ4n) is 1.90. The van der Waals surface area contributed by atoms with Gasteiger partial charge in [0.25, 0.3) is 0 Å². The van der Waals surface area contributed by atoms with Crippen molar-refractivity contribution in [3.8, 4) is 0 Å². The topological polar surface area (TPSA) is 46.2 Å². The van der Waals surface area contributed by atoms with E-state index in [1.54, 1.807) is 13.0 Å². The molecular weight excluding hydrogens is 258 g/mol. The summed E-state index contributed by atoms with van der Waals surface area (Å²) in [6, 6.07) is 5.47. The molecule has 0 saturated carbocycles. The van der Waals surface area contributed by atoms with Crippen molar-refractivity contribution in [2.45, 2.75) is 43.5 Å². The third-order valence-corrected chi connectivity index (χ3v) is 5.55. The van der Waals surface area contributed by atoms with Gasteiger partial charge >= 0.3 is 0 Å². The summed E-state index contributed by atoms with van der Waals surface area (Å²) in [4.78, 5) is 0.462. The Labute approximate surface area is 109 Å². The molecule has 1 unspecified atom stereocenters. The summed E-state index contributed by atoms with van der Waals surface area (Å²) in [6.45, 7) is 5.29. The van der Waals surface area contributed by atoms with E-state index in [0.29, 0.717) is 11.3 Å². The van der Waals surface area contributed by atoms with Crippen LogP contribution in [0.3, 0.4) is 0 Å². The first-order valence-corrected chi connectivity index (χ1v) is 7.16. The predicted molar refractivity (Wildman–Crippen MR) is 71.2 cm³/mol. The molecule has 1 aliphatic heterocycles. The Morgan fingerprint density at radius 3 is 2.59 bits per heavy atom. The highest BCUT2D eigenvalue weighted by atomic mass is 35.5. The van der Waals surface area contributed by atoms with Gasteiger partial charge in [-0.3, -0.25) is 0 Å². The van der Waals surface area contributed by atoms with Gasteiger partial charge in [0.2, 0.25) is 0 Å². The van der Waals surface area contributed by atoms with E-state index in [9.17, 15) is 8.42 Å². The maximum absolute atomic E-state index is 12.1. The Hall–Kier alpha value is -0.580. The number of sulfone groups is 1. The van der Waals surface area contributed by atoms with Gasteiger partial charge in [-0.1, -0.05) is 13.0 Å². The molecule has 0 radical (unpaired) electrons. The molecule has 1 N–H and O–H groups in total. The fourth-order valence-corrected chi connectivity index (χ4v) is 3.37. The van der Waals surface area contributed by atoms with Crippen molar-refractivity contribution in [1.82, 2.24) is 5.32 Å². The molecule has 1 aromatic rings. The van der Waals surface area contributed by atoms with Gasteiger partial charge in [-0.05, 0) is 36.6 Å². The molecule has 1 aromatic carbocycles. The Kier molecular flexibility index (Phi) is 4.58. The van der Waals surface area contributed by atoms with Crippen LogP contribution in [-0.2, 0) is 22.9 Å². The minimum Gasteiger partial charge on any atom is -0.309 e. The number of benzene rings is 1. The first-order chi connectivity index (χ1) is 7.55. The lowest BCUT2D eigenvalue weighted by Crippen LogP contribution is -2.17. The summed E-state index contributed by atoms with van der Waals surface area (Å²) in [5.74, 6) is 0. The van der Waals surface area contributed by atoms with E-state index in [1.165, 1.54) is 5.56 Å². The molecule has 1 heterocycles. The lowest BCUT2D eigenvalue weighted by Gasteiger charge is -2.11. The molecule has 3 nitrogen and oxygen atoms in total. The van der Waals surface area contributed by atoms with Gasteiger partial charge in [0.1, 0.15) is 0 Å². The third-order valence-electron chi connectivity index (χ3n) is 3.24. The van der Waals surface area contributed by atoms with E-state index < -0.39 is 9.84 Å². The standard InChI is InChI=1S/C12H17NO2S.ClH/c1-3-9(2)16(14,15)12-5-4-10-7-13-8-11(10)6-12;/h4-6,9,13H,3,7-8H2,1-2H3;1H. The summed E-state index contributed by atoms with van der Waals surface area (Å²) < 4.78 is 24.3. The van der Waals surface area contributed by atoms with Crippen LogP contribution in [0.25, 0.3) is 0 Å². The molecule has 0 aliphatic carbocycles. The van der Waals surface area contributed by atoms with Crippen molar-refractivity contribution in [2.75, 3.05) is 0 Å². The monoisotopic (exact) mass is 275 g/mol. The number of rotatable bonds is 3. The molecule has 1 atom stereocenters. The minimum atomic E-state index is -3.14. The molecule has 5 heteroatoms. The zero-order chi connectivity index (χ0) is 11.8. The average molecular weight is 276 g/mol. The summed E-state index contributed by atoms with van der Waals surface area (Å²) >= 11 is 0. The smallest absolute Gasteiger partial charge is 0.180 e. The van der Waals surface area contributed by atoms with Crippen LogP contribution in [0, 0.1) is 0 Å². The van der Waals surface area contributed by atoms with Gasteiger partial charge in [-0.15, -0.1) is 12.4 Å². The highest BCUT2D eigenvalue weighted by molar-refractivity contribution is 7.92. The lowest BCUT2D eigenvalue weighted by atomic mass is 10.1. The van der Waals surface area contributed by atoms with Crippen LogP contribution in [0.15, 0.2) is 23.1 Å². The molecule has 0 amide bonds. The second-order valence-electron chi connectivity index (χ2n) is 4.30. The number of hydrogen-bond donors (Lipinski definition) is 1. The zero-order valence-electron chi connectivity index (χ0n) is 10.1. The number of nitrogens with one attached hydrogen (secondary N) is 1. The molecule has 0 saturated heterocycles. The Balaban J connectivity index is 0.00000144. The van der Waals surface area contributed by atoms with E-state index in [1.807, 2.05) is 19.1 Å². The largest absolute Gasteiger partial charge is 0.309 e. The van der Waals surface area contributed by atoms with Gasteiger partial charge < -0.3 is 5.32 Å². The summed E-state index contributed by atoms with van der Waals surface area (Å²) in [5.41, 5.74) is 2.33. The molecule has 0 fully saturated rings. The van der Waals surface area contributed by atoms with Gasteiger partial charge in [-0.25, -0.2) is 8.42 Å². The first-order valence-electron chi connectivity index (χ1n) is 5.62. The van der Waals surface area contributed by atoms with Crippen LogP contribution in [0.1, 0.15) is 31.4 Å². The van der Waals surface area contributed by atoms with E-state index in [0.717, 1.165) is 18.7 Å². The van der Waals surface area contributed by atoms with Crippen LogP contribution < -0.4 is 5.32 Å². The summed E-state index contributed by atoms with van der Waals surface area (Å²) in [5, 5.41) is 2.91. The van der Waals surface area contributed by atoms with Gasteiger partial charge in [0.15, 0.2) is 9.84 Å². The van der Waals surface area contributed by atoms with E-state index in [2.05, 4.69) is 5.32 Å². The van der Waals surface area contributed by atoms with Crippen LogP contribution in [-0.4, -0.2) is 13.7 Å². The second kappa shape index (κ2) is 5.38. The van der Waals surface area contributed by atoms with Crippen molar-refractivity contribution >= 4 is 22.2 Å². The van der Waals surface area contributed by atoms with Crippen LogP contribution >= 0.6 is 12.4 Å². The Morgan fingerprint density at radius 1 is 1.29 bits per heavy atom. The molecule has 2 rings (SSSR count). The normalized spacial score (nSPS) is 16.1. The molecule has 1 aliphatic rings. The summed E-state index contributed by atoms with van der Waals surface area (Å²) in [7, 11) is -3.14. The molecule has 17 heavy (non-hydrogen) atoms. The minimum absolute atomic E-state index is 0. The first kappa shape index (κ1) is 14.5. The van der Waals surface area contributed by atoms with Crippen molar-refractivity contribution in [3.63, 3.8) is 0 Å². The van der Waals surface area contributed by atoms with Crippen LogP contribution in [0.4, 0.5) is 0 Å². The lowest BCUT2D eigenvalue weighted by molar-refractivity contribution is 0.581. The zero-order valence-corrected chi connectivity index (χ0v) is 11.7. The maximum Gasteiger partial charge on any atom is 0.180 e. The predicted octanol–water partition coefficient (Wildman–Crippen LogP) is 2.28. The Bertz CT molecular complexity index is 499. The van der Waals surface area contributed by atoms with E-state index >= 15 is 0 Å². The number of fused-ring (bicyclic) bond motifs is 1. The van der Waals surface area contributed by atoms with Gasteiger partial charge in [0.05, 0.1) is 10.1 Å².